The van der Waals surface area contributed by atoms with Crippen molar-refractivity contribution in [1.82, 2.24) is 4.90 Å². The monoisotopic (exact) mass is 333 g/mol. The van der Waals surface area contributed by atoms with Crippen LogP contribution in [0.1, 0.15) is 31.4 Å². The Labute approximate surface area is 129 Å². The first-order valence-corrected chi connectivity index (χ1v) is 8.70. The summed E-state index contributed by atoms with van der Waals surface area (Å²) < 4.78 is 34.2. The Morgan fingerprint density at radius 2 is 2.00 bits per heavy atom. The Balaban J connectivity index is 2.15. The van der Waals surface area contributed by atoms with Crippen LogP contribution in [0.15, 0.2) is 24.3 Å². The van der Waals surface area contributed by atoms with Crippen molar-refractivity contribution < 1.29 is 17.1 Å². The summed E-state index contributed by atoms with van der Waals surface area (Å²) in [5.41, 5.74) is 0.944. The van der Waals surface area contributed by atoms with Crippen LogP contribution >= 0.6 is 11.6 Å². The number of halogens is 2. The Hall–Kier alpha value is -1.14. The number of benzene rings is 1. The average Bonchev–Trinajstić information content (AvgIpc) is 2.71. The van der Waals surface area contributed by atoms with Gasteiger partial charge < -0.3 is 4.90 Å². The summed E-state index contributed by atoms with van der Waals surface area (Å²) >= 11 is 5.85. The maximum Gasteiger partial charge on any atom is 0.302 e. The van der Waals surface area contributed by atoms with Crippen molar-refractivity contribution in [2.75, 3.05) is 12.3 Å². The van der Waals surface area contributed by atoms with Gasteiger partial charge in [0, 0.05) is 23.9 Å². The van der Waals surface area contributed by atoms with Gasteiger partial charge in [0.25, 0.3) is 0 Å². The molecule has 0 saturated carbocycles. The number of carbonyl (C=O) groups excluding carboxylic acids is 1. The minimum absolute atomic E-state index is 0.0766. The minimum atomic E-state index is -4.55. The summed E-state index contributed by atoms with van der Waals surface area (Å²) in [6.07, 6.45) is 0.774. The third-order valence-corrected chi connectivity index (χ3v) is 4.81. The molecule has 1 fully saturated rings. The van der Waals surface area contributed by atoms with Crippen LogP contribution in [0.3, 0.4) is 0 Å². The van der Waals surface area contributed by atoms with E-state index in [2.05, 4.69) is 0 Å². The van der Waals surface area contributed by atoms with E-state index in [0.717, 1.165) is 5.56 Å². The third-order valence-electron chi connectivity index (χ3n) is 3.69. The van der Waals surface area contributed by atoms with Crippen molar-refractivity contribution in [3.05, 3.63) is 34.9 Å². The second kappa shape index (κ2) is 6.32. The Morgan fingerprint density at radius 1 is 1.38 bits per heavy atom. The number of amides is 1. The molecule has 4 nitrogen and oxygen atoms in total. The maximum atomic E-state index is 12.8. The van der Waals surface area contributed by atoms with E-state index in [-0.39, 0.29) is 24.9 Å². The normalized spacial score (nSPS) is 20.8. The molecule has 0 N–H and O–H groups in total. The Morgan fingerprint density at radius 3 is 2.52 bits per heavy atom. The molecule has 0 aliphatic carbocycles. The van der Waals surface area contributed by atoms with Gasteiger partial charge in [-0.3, -0.25) is 4.79 Å². The van der Waals surface area contributed by atoms with Crippen LogP contribution in [-0.4, -0.2) is 31.5 Å². The van der Waals surface area contributed by atoms with Crippen LogP contribution in [0.25, 0.3) is 0 Å². The second-order valence-corrected chi connectivity index (χ2v) is 7.14. The molecule has 1 amide bonds. The SMILES string of the molecule is CCC(c1ccc(Cl)cc1)N1CC(CS(=O)(=O)F)CC1=O. The molecular formula is C14H17ClFNO3S. The lowest BCUT2D eigenvalue weighted by Crippen LogP contribution is -2.30. The smallest absolute Gasteiger partial charge is 0.302 e. The van der Waals surface area contributed by atoms with Gasteiger partial charge >= 0.3 is 10.2 Å². The molecule has 7 heteroatoms. The Kier molecular flexibility index (Phi) is 4.88. The molecule has 1 heterocycles. The molecule has 0 radical (unpaired) electrons. The first-order valence-electron chi connectivity index (χ1n) is 6.77. The lowest BCUT2D eigenvalue weighted by atomic mass is 10.0. The average molecular weight is 334 g/mol. The fraction of sp³-hybridized carbons (Fsp3) is 0.500. The van der Waals surface area contributed by atoms with Crippen molar-refractivity contribution in [2.24, 2.45) is 5.92 Å². The molecule has 21 heavy (non-hydrogen) atoms. The largest absolute Gasteiger partial charge is 0.335 e. The number of nitrogens with zero attached hydrogens (tertiary/aromatic N) is 1. The van der Waals surface area contributed by atoms with Crippen molar-refractivity contribution in [3.8, 4) is 0 Å². The number of likely N-dealkylation sites (tertiary alicyclic amines) is 1. The summed E-state index contributed by atoms with van der Waals surface area (Å²) in [6, 6.07) is 7.07. The first-order chi connectivity index (χ1) is 9.80. The fourth-order valence-electron chi connectivity index (χ4n) is 2.82. The zero-order valence-electron chi connectivity index (χ0n) is 11.6. The van der Waals surface area contributed by atoms with Gasteiger partial charge in [0.1, 0.15) is 0 Å². The van der Waals surface area contributed by atoms with E-state index in [4.69, 9.17) is 11.6 Å². The van der Waals surface area contributed by atoms with Crippen LogP contribution in [0.2, 0.25) is 5.02 Å². The lowest BCUT2D eigenvalue weighted by Gasteiger charge is -2.27. The molecule has 0 aromatic heterocycles. The molecule has 1 aromatic rings. The highest BCUT2D eigenvalue weighted by Crippen LogP contribution is 2.32. The zero-order chi connectivity index (χ0) is 15.6. The quantitative estimate of drug-likeness (QED) is 0.778. The number of rotatable bonds is 5. The van der Waals surface area contributed by atoms with E-state index >= 15 is 0 Å². The van der Waals surface area contributed by atoms with Gasteiger partial charge in [-0.05, 0) is 24.1 Å². The van der Waals surface area contributed by atoms with E-state index in [1.807, 2.05) is 19.1 Å². The van der Waals surface area contributed by atoms with Crippen LogP contribution in [0.4, 0.5) is 3.89 Å². The lowest BCUT2D eigenvalue weighted by molar-refractivity contribution is -0.129. The summed E-state index contributed by atoms with van der Waals surface area (Å²) in [6.45, 7) is 2.22. The molecule has 1 aliphatic heterocycles. The number of hydrogen-bond acceptors (Lipinski definition) is 3. The summed E-state index contributed by atoms with van der Waals surface area (Å²) in [5.74, 6) is -1.20. The molecular weight excluding hydrogens is 317 g/mol. The van der Waals surface area contributed by atoms with Crippen LogP contribution in [0, 0.1) is 5.92 Å². The predicted octanol–water partition coefficient (Wildman–Crippen LogP) is 2.94. The highest BCUT2D eigenvalue weighted by atomic mass is 35.5. The van der Waals surface area contributed by atoms with Crippen molar-refractivity contribution >= 4 is 27.7 Å². The van der Waals surface area contributed by atoms with Gasteiger partial charge in [-0.1, -0.05) is 30.7 Å². The standard InChI is InChI=1S/C14H17ClFNO3S/c1-2-13(11-3-5-12(15)6-4-11)17-8-10(7-14(17)18)9-21(16,19)20/h3-6,10,13H,2,7-9H2,1H3. The van der Waals surface area contributed by atoms with E-state index in [1.165, 1.54) is 0 Å². The summed E-state index contributed by atoms with van der Waals surface area (Å²) in [7, 11) is -4.55. The molecule has 1 aromatic carbocycles. The highest BCUT2D eigenvalue weighted by Gasteiger charge is 2.36. The molecule has 116 valence electrons. The summed E-state index contributed by atoms with van der Waals surface area (Å²) in [5, 5.41) is 0.614. The van der Waals surface area contributed by atoms with Gasteiger partial charge in [-0.25, -0.2) is 0 Å². The van der Waals surface area contributed by atoms with Gasteiger partial charge in [0.15, 0.2) is 0 Å². The van der Waals surface area contributed by atoms with E-state index in [9.17, 15) is 17.1 Å². The third kappa shape index (κ3) is 4.17. The van der Waals surface area contributed by atoms with Crippen molar-refractivity contribution in [3.63, 3.8) is 0 Å². The summed E-state index contributed by atoms with van der Waals surface area (Å²) in [4.78, 5) is 13.7. The molecule has 0 bridgehead atoms. The van der Waals surface area contributed by atoms with Crippen LogP contribution in [0.5, 0.6) is 0 Å². The molecule has 2 unspecified atom stereocenters. The van der Waals surface area contributed by atoms with Crippen LogP contribution < -0.4 is 0 Å². The minimum Gasteiger partial charge on any atom is -0.335 e. The molecule has 2 atom stereocenters. The number of carbonyl (C=O) groups is 1. The van der Waals surface area contributed by atoms with Gasteiger partial charge in [0.05, 0.1) is 11.8 Å². The molecule has 2 rings (SSSR count). The van der Waals surface area contributed by atoms with Crippen molar-refractivity contribution in [2.45, 2.75) is 25.8 Å². The maximum absolute atomic E-state index is 12.8. The molecule has 1 aliphatic rings. The molecule has 1 saturated heterocycles. The highest BCUT2D eigenvalue weighted by molar-refractivity contribution is 7.86. The predicted molar refractivity (Wildman–Crippen MR) is 79.2 cm³/mol. The van der Waals surface area contributed by atoms with Crippen molar-refractivity contribution in [1.29, 1.82) is 0 Å². The Bertz CT molecular complexity index is 618. The van der Waals surface area contributed by atoms with E-state index in [1.54, 1.807) is 17.0 Å². The second-order valence-electron chi connectivity index (χ2n) is 5.30. The topological polar surface area (TPSA) is 54.5 Å². The van der Waals surface area contributed by atoms with Gasteiger partial charge in [-0.15, -0.1) is 3.89 Å². The first kappa shape index (κ1) is 16.2. The van der Waals surface area contributed by atoms with Gasteiger partial charge in [-0.2, -0.15) is 8.42 Å². The van der Waals surface area contributed by atoms with Crippen LogP contribution in [-0.2, 0) is 15.0 Å². The van der Waals surface area contributed by atoms with Gasteiger partial charge in [0.2, 0.25) is 5.91 Å². The number of hydrogen-bond donors (Lipinski definition) is 0. The zero-order valence-corrected chi connectivity index (χ0v) is 13.2. The van der Waals surface area contributed by atoms with E-state index < -0.39 is 21.9 Å². The van der Waals surface area contributed by atoms with E-state index in [0.29, 0.717) is 11.4 Å². The molecule has 0 spiro atoms. The fourth-order valence-corrected chi connectivity index (χ4v) is 3.74.